The summed E-state index contributed by atoms with van der Waals surface area (Å²) in [7, 11) is 0. The molecule has 0 saturated heterocycles. The van der Waals surface area contributed by atoms with E-state index in [2.05, 4.69) is 31.3 Å². The number of rotatable bonds is 4. The summed E-state index contributed by atoms with van der Waals surface area (Å²) >= 11 is 5.73. The molecule has 8 heteroatoms. The zero-order valence-corrected chi connectivity index (χ0v) is 11.7. The highest BCUT2D eigenvalue weighted by atomic mass is 35.5. The third-order valence-corrected chi connectivity index (χ3v) is 1.53. The molecule has 1 aromatic rings. The second-order valence-corrected chi connectivity index (χ2v) is 4.03. The number of carbonyl (C=O) groups excluding carboxylic acids is 1. The van der Waals surface area contributed by atoms with Gasteiger partial charge in [0.25, 0.3) is 0 Å². The molecule has 0 atom stereocenters. The number of halogens is 1. The van der Waals surface area contributed by atoms with Gasteiger partial charge in [-0.2, -0.15) is 15.0 Å². The SMILES string of the molecule is CC(N)=O.CCNc1nc(Cl)nc(NC(C)C)n1. The lowest BCUT2D eigenvalue weighted by molar-refractivity contribution is -0.115. The van der Waals surface area contributed by atoms with E-state index in [4.69, 9.17) is 11.6 Å². The number of hydrogen-bond acceptors (Lipinski definition) is 6. The van der Waals surface area contributed by atoms with Gasteiger partial charge in [-0.3, -0.25) is 4.79 Å². The Hall–Kier alpha value is -1.63. The zero-order chi connectivity index (χ0) is 14.1. The second kappa shape index (κ2) is 8.46. The molecular weight excluding hydrogens is 256 g/mol. The molecule has 0 aliphatic heterocycles. The van der Waals surface area contributed by atoms with Crippen LogP contribution < -0.4 is 16.4 Å². The summed E-state index contributed by atoms with van der Waals surface area (Å²) in [6.45, 7) is 8.03. The number of nitrogens with one attached hydrogen (secondary N) is 2. The Morgan fingerprint density at radius 1 is 1.33 bits per heavy atom. The summed E-state index contributed by atoms with van der Waals surface area (Å²) in [5.74, 6) is 0.659. The summed E-state index contributed by atoms with van der Waals surface area (Å²) in [6, 6.07) is 0.267. The molecule has 1 aromatic heterocycles. The fourth-order valence-electron chi connectivity index (χ4n) is 0.910. The second-order valence-electron chi connectivity index (χ2n) is 3.69. The van der Waals surface area contributed by atoms with Crippen molar-refractivity contribution >= 4 is 29.4 Å². The number of anilines is 2. The highest BCUT2D eigenvalue weighted by Crippen LogP contribution is 2.09. The summed E-state index contributed by atoms with van der Waals surface area (Å²) in [5.41, 5.74) is 4.47. The number of carbonyl (C=O) groups is 1. The average Bonchev–Trinajstić information content (AvgIpc) is 2.14. The van der Waals surface area contributed by atoms with Crippen LogP contribution in [0.5, 0.6) is 0 Å². The molecule has 0 fully saturated rings. The summed E-state index contributed by atoms with van der Waals surface area (Å²) < 4.78 is 0. The van der Waals surface area contributed by atoms with Crippen LogP contribution in [0.2, 0.25) is 5.28 Å². The van der Waals surface area contributed by atoms with Crippen molar-refractivity contribution in [2.24, 2.45) is 5.73 Å². The lowest BCUT2D eigenvalue weighted by atomic mass is 10.4. The fraction of sp³-hybridized carbons (Fsp3) is 0.600. The van der Waals surface area contributed by atoms with Gasteiger partial charge < -0.3 is 16.4 Å². The van der Waals surface area contributed by atoms with Crippen molar-refractivity contribution < 1.29 is 4.79 Å². The molecule has 7 nitrogen and oxygen atoms in total. The van der Waals surface area contributed by atoms with Crippen LogP contribution in [0.3, 0.4) is 0 Å². The van der Waals surface area contributed by atoms with E-state index in [1.54, 1.807) is 0 Å². The van der Waals surface area contributed by atoms with Crippen molar-refractivity contribution in [2.75, 3.05) is 17.2 Å². The Bertz CT molecular complexity index is 381. The van der Waals surface area contributed by atoms with Crippen molar-refractivity contribution in [1.82, 2.24) is 15.0 Å². The number of primary amides is 1. The quantitative estimate of drug-likeness (QED) is 0.763. The minimum Gasteiger partial charge on any atom is -0.370 e. The lowest BCUT2D eigenvalue weighted by Gasteiger charge is -2.09. The standard InChI is InChI=1S/C8H14ClN5.C2H5NO/c1-4-10-7-12-6(9)13-8(14-7)11-5(2)3;1-2(3)4/h5H,4H2,1-3H3,(H2,10,11,12,13,14);1H3,(H2,3,4). The van der Waals surface area contributed by atoms with E-state index >= 15 is 0 Å². The van der Waals surface area contributed by atoms with Crippen LogP contribution >= 0.6 is 11.6 Å². The van der Waals surface area contributed by atoms with Crippen molar-refractivity contribution in [2.45, 2.75) is 33.7 Å². The molecule has 1 rings (SSSR count). The Morgan fingerprint density at radius 2 is 1.83 bits per heavy atom. The van der Waals surface area contributed by atoms with E-state index in [9.17, 15) is 4.79 Å². The molecule has 1 amide bonds. The topological polar surface area (TPSA) is 106 Å². The third-order valence-electron chi connectivity index (χ3n) is 1.36. The predicted molar refractivity (Wildman–Crippen MR) is 72.6 cm³/mol. The van der Waals surface area contributed by atoms with Crippen molar-refractivity contribution in [3.63, 3.8) is 0 Å². The Labute approximate surface area is 112 Å². The highest BCUT2D eigenvalue weighted by Gasteiger charge is 2.04. The number of aromatic nitrogens is 3. The molecule has 4 N–H and O–H groups in total. The summed E-state index contributed by atoms with van der Waals surface area (Å²) in [6.07, 6.45) is 0. The predicted octanol–water partition coefficient (Wildman–Crippen LogP) is 1.27. The fourth-order valence-corrected chi connectivity index (χ4v) is 1.07. The Kier molecular flexibility index (Phi) is 7.69. The number of amides is 1. The molecular formula is C10H19ClN6O. The molecule has 0 aromatic carbocycles. The third kappa shape index (κ3) is 8.51. The smallest absolute Gasteiger partial charge is 0.228 e. The van der Waals surface area contributed by atoms with Crippen LogP contribution in [0.25, 0.3) is 0 Å². The van der Waals surface area contributed by atoms with E-state index in [0.29, 0.717) is 11.9 Å². The first-order valence-corrected chi connectivity index (χ1v) is 5.91. The van der Waals surface area contributed by atoms with Gasteiger partial charge in [0.1, 0.15) is 0 Å². The van der Waals surface area contributed by atoms with Gasteiger partial charge in [0, 0.05) is 19.5 Å². The zero-order valence-electron chi connectivity index (χ0n) is 11.0. The van der Waals surface area contributed by atoms with Gasteiger partial charge in [-0.1, -0.05) is 0 Å². The average molecular weight is 275 g/mol. The molecule has 0 aliphatic carbocycles. The van der Waals surface area contributed by atoms with Crippen LogP contribution in [-0.2, 0) is 4.79 Å². The van der Waals surface area contributed by atoms with E-state index in [1.807, 2.05) is 20.8 Å². The number of hydrogen-bond donors (Lipinski definition) is 3. The van der Waals surface area contributed by atoms with E-state index in [1.165, 1.54) is 6.92 Å². The maximum Gasteiger partial charge on any atom is 0.228 e. The Morgan fingerprint density at radius 3 is 2.28 bits per heavy atom. The molecule has 0 saturated carbocycles. The number of nitrogens with zero attached hydrogens (tertiary/aromatic N) is 3. The summed E-state index contributed by atoms with van der Waals surface area (Å²) in [5, 5.41) is 6.23. The van der Waals surface area contributed by atoms with Crippen molar-refractivity contribution in [3.05, 3.63) is 5.28 Å². The van der Waals surface area contributed by atoms with Crippen molar-refractivity contribution in [3.8, 4) is 0 Å². The molecule has 102 valence electrons. The van der Waals surface area contributed by atoms with Crippen LogP contribution in [0.15, 0.2) is 0 Å². The van der Waals surface area contributed by atoms with Gasteiger partial charge in [-0.25, -0.2) is 0 Å². The van der Waals surface area contributed by atoms with E-state index in [-0.39, 0.29) is 17.2 Å². The van der Waals surface area contributed by atoms with Gasteiger partial charge >= 0.3 is 0 Å². The first kappa shape index (κ1) is 16.4. The minimum atomic E-state index is -0.333. The lowest BCUT2D eigenvalue weighted by Crippen LogP contribution is -2.14. The van der Waals surface area contributed by atoms with Gasteiger partial charge in [0.05, 0.1) is 0 Å². The largest absolute Gasteiger partial charge is 0.370 e. The Balaban J connectivity index is 0.000000631. The first-order valence-electron chi connectivity index (χ1n) is 5.53. The monoisotopic (exact) mass is 274 g/mol. The maximum atomic E-state index is 9.22. The van der Waals surface area contributed by atoms with Crippen LogP contribution in [0, 0.1) is 0 Å². The normalized spacial score (nSPS) is 9.44. The molecule has 0 aliphatic rings. The van der Waals surface area contributed by atoms with E-state index in [0.717, 1.165) is 6.54 Å². The van der Waals surface area contributed by atoms with E-state index < -0.39 is 0 Å². The molecule has 0 unspecified atom stereocenters. The summed E-state index contributed by atoms with van der Waals surface area (Å²) in [4.78, 5) is 21.2. The number of nitrogens with two attached hydrogens (primary N) is 1. The van der Waals surface area contributed by atoms with Crippen LogP contribution in [-0.4, -0.2) is 33.4 Å². The molecule has 1 heterocycles. The van der Waals surface area contributed by atoms with Crippen LogP contribution in [0.4, 0.5) is 11.9 Å². The van der Waals surface area contributed by atoms with Gasteiger partial charge in [-0.15, -0.1) is 0 Å². The first-order chi connectivity index (χ1) is 8.35. The molecule has 0 radical (unpaired) electrons. The van der Waals surface area contributed by atoms with Gasteiger partial charge in [0.2, 0.25) is 23.1 Å². The van der Waals surface area contributed by atoms with Gasteiger partial charge in [-0.05, 0) is 32.4 Å². The molecule has 0 spiro atoms. The molecule has 0 bridgehead atoms. The van der Waals surface area contributed by atoms with Crippen molar-refractivity contribution in [1.29, 1.82) is 0 Å². The van der Waals surface area contributed by atoms with Crippen LogP contribution in [0.1, 0.15) is 27.7 Å². The van der Waals surface area contributed by atoms with Gasteiger partial charge in [0.15, 0.2) is 0 Å². The highest BCUT2D eigenvalue weighted by molar-refractivity contribution is 6.28. The molecule has 18 heavy (non-hydrogen) atoms. The minimum absolute atomic E-state index is 0.194. The maximum absolute atomic E-state index is 9.22.